The number of imide groups is 1. The van der Waals surface area contributed by atoms with Crippen LogP contribution in [0.2, 0.25) is 0 Å². The minimum Gasteiger partial charge on any atom is -0.482 e. The maximum atomic E-state index is 11.7. The van der Waals surface area contributed by atoms with Crippen LogP contribution in [0.3, 0.4) is 0 Å². The van der Waals surface area contributed by atoms with E-state index in [0.717, 1.165) is 16.0 Å². The van der Waals surface area contributed by atoms with E-state index in [9.17, 15) is 14.4 Å². The summed E-state index contributed by atoms with van der Waals surface area (Å²) in [5.74, 6) is -0.615. The third-order valence-electron chi connectivity index (χ3n) is 3.19. The van der Waals surface area contributed by atoms with Crippen LogP contribution in [-0.4, -0.2) is 49.1 Å². The van der Waals surface area contributed by atoms with Crippen molar-refractivity contribution in [2.45, 2.75) is 13.8 Å². The summed E-state index contributed by atoms with van der Waals surface area (Å²) in [7, 11) is 0. The summed E-state index contributed by atoms with van der Waals surface area (Å²) in [4.78, 5) is 35.5. The monoisotopic (exact) mass is 306 g/mol. The summed E-state index contributed by atoms with van der Waals surface area (Å²) in [6.07, 6.45) is 0. The van der Waals surface area contributed by atoms with Gasteiger partial charge in [0.25, 0.3) is 5.91 Å². The highest BCUT2D eigenvalue weighted by Gasteiger charge is 2.26. The maximum absolute atomic E-state index is 11.7. The zero-order chi connectivity index (χ0) is 16.1. The van der Waals surface area contributed by atoms with Gasteiger partial charge in [0, 0.05) is 13.1 Å². The van der Waals surface area contributed by atoms with E-state index in [2.05, 4.69) is 5.32 Å². The molecule has 7 nitrogen and oxygen atoms in total. The first-order chi connectivity index (χ1) is 10.5. The van der Waals surface area contributed by atoms with Gasteiger partial charge in [0.1, 0.15) is 5.75 Å². The van der Waals surface area contributed by atoms with Crippen LogP contribution in [0.5, 0.6) is 5.75 Å². The zero-order valence-corrected chi connectivity index (χ0v) is 12.5. The van der Waals surface area contributed by atoms with Crippen LogP contribution in [-0.2, 0) is 14.3 Å². The van der Waals surface area contributed by atoms with Crippen molar-refractivity contribution < 1.29 is 23.9 Å². The van der Waals surface area contributed by atoms with E-state index in [1.165, 1.54) is 0 Å². The molecule has 1 fully saturated rings. The zero-order valence-electron chi connectivity index (χ0n) is 12.5. The summed E-state index contributed by atoms with van der Waals surface area (Å²) >= 11 is 0. The van der Waals surface area contributed by atoms with Gasteiger partial charge in [-0.05, 0) is 25.5 Å². The number of rotatable bonds is 5. The Morgan fingerprint density at radius 2 is 2.05 bits per heavy atom. The van der Waals surface area contributed by atoms with E-state index in [-0.39, 0.29) is 13.2 Å². The van der Waals surface area contributed by atoms with Crippen molar-refractivity contribution in [1.29, 1.82) is 0 Å². The first kappa shape index (κ1) is 15.8. The molecule has 0 bridgehead atoms. The molecule has 0 spiro atoms. The number of benzene rings is 1. The number of hydrogen-bond acceptors (Lipinski definition) is 5. The number of esters is 1. The molecular weight excluding hydrogens is 288 g/mol. The normalized spacial score (nSPS) is 13.7. The molecule has 1 aliphatic rings. The van der Waals surface area contributed by atoms with Gasteiger partial charge in [0.15, 0.2) is 13.2 Å². The van der Waals surface area contributed by atoms with Crippen molar-refractivity contribution in [1.82, 2.24) is 10.2 Å². The average molecular weight is 306 g/mol. The first-order valence-electron chi connectivity index (χ1n) is 6.91. The molecule has 3 amide bonds. The fourth-order valence-corrected chi connectivity index (χ4v) is 2.07. The minimum atomic E-state index is -0.659. The second-order valence-electron chi connectivity index (χ2n) is 5.00. The molecule has 0 unspecified atom stereocenters. The number of nitrogens with zero attached hydrogens (tertiary/aromatic N) is 1. The lowest BCUT2D eigenvalue weighted by molar-refractivity contribution is -0.152. The Hall–Kier alpha value is -2.57. The minimum absolute atomic E-state index is 0.286. The van der Waals surface area contributed by atoms with Crippen LogP contribution in [0.25, 0.3) is 0 Å². The largest absolute Gasteiger partial charge is 0.482 e. The van der Waals surface area contributed by atoms with Crippen LogP contribution in [0.15, 0.2) is 18.2 Å². The second-order valence-corrected chi connectivity index (χ2v) is 5.00. The van der Waals surface area contributed by atoms with Gasteiger partial charge in [0.05, 0.1) is 0 Å². The molecule has 2 rings (SSSR count). The third-order valence-corrected chi connectivity index (χ3v) is 3.19. The summed E-state index contributed by atoms with van der Waals surface area (Å²) in [6, 6.07) is 5.13. The van der Waals surface area contributed by atoms with E-state index in [1.807, 2.05) is 26.0 Å². The summed E-state index contributed by atoms with van der Waals surface area (Å²) in [5, 5.41) is 2.50. The van der Waals surface area contributed by atoms with Gasteiger partial charge in [-0.3, -0.25) is 9.69 Å². The van der Waals surface area contributed by atoms with E-state index in [1.54, 1.807) is 6.07 Å². The van der Waals surface area contributed by atoms with Crippen molar-refractivity contribution in [3.63, 3.8) is 0 Å². The summed E-state index contributed by atoms with van der Waals surface area (Å²) in [6.45, 7) is 3.78. The molecule has 1 N–H and O–H groups in total. The molecule has 1 aromatic rings. The van der Waals surface area contributed by atoms with Gasteiger partial charge in [-0.2, -0.15) is 0 Å². The van der Waals surface area contributed by atoms with Gasteiger partial charge in [-0.25, -0.2) is 9.59 Å². The Morgan fingerprint density at radius 3 is 2.68 bits per heavy atom. The van der Waals surface area contributed by atoms with Crippen molar-refractivity contribution in [2.75, 3.05) is 26.3 Å². The summed E-state index contributed by atoms with van der Waals surface area (Å²) < 4.78 is 10.2. The molecule has 1 aliphatic heterocycles. The lowest BCUT2D eigenvalue weighted by Crippen LogP contribution is -2.37. The average Bonchev–Trinajstić information content (AvgIpc) is 2.90. The smallest absolute Gasteiger partial charge is 0.344 e. The van der Waals surface area contributed by atoms with Crippen molar-refractivity contribution in [2.24, 2.45) is 0 Å². The molecule has 0 saturated carbocycles. The van der Waals surface area contributed by atoms with Crippen LogP contribution < -0.4 is 10.1 Å². The Labute approximate surface area is 128 Å². The Morgan fingerprint density at radius 1 is 1.27 bits per heavy atom. The SMILES string of the molecule is Cc1ccc(OCC(=O)OCC(=O)N2CCNC2=O)c(C)c1. The Kier molecular flexibility index (Phi) is 4.98. The molecule has 22 heavy (non-hydrogen) atoms. The maximum Gasteiger partial charge on any atom is 0.344 e. The number of urea groups is 1. The standard InChI is InChI=1S/C15H18N2O5/c1-10-3-4-12(11(2)7-10)21-9-14(19)22-8-13(18)17-6-5-16-15(17)20/h3-4,7H,5-6,8-9H2,1-2H3,(H,16,20). The number of amides is 3. The number of carbonyl (C=O) groups is 3. The number of hydrogen-bond donors (Lipinski definition) is 1. The van der Waals surface area contributed by atoms with Gasteiger partial charge >= 0.3 is 12.0 Å². The molecule has 7 heteroatoms. The molecule has 1 aromatic carbocycles. The van der Waals surface area contributed by atoms with Gasteiger partial charge in [-0.1, -0.05) is 17.7 Å². The van der Waals surface area contributed by atoms with E-state index in [4.69, 9.17) is 9.47 Å². The second kappa shape index (κ2) is 6.93. The third kappa shape index (κ3) is 3.97. The molecule has 0 atom stereocenters. The predicted octanol–water partition coefficient (Wildman–Crippen LogP) is 0.777. The predicted molar refractivity (Wildman–Crippen MR) is 77.5 cm³/mol. The topological polar surface area (TPSA) is 84.9 Å². The fraction of sp³-hybridized carbons (Fsp3) is 0.400. The number of ether oxygens (including phenoxy) is 2. The Bertz CT molecular complexity index is 600. The lowest BCUT2D eigenvalue weighted by Gasteiger charge is -2.13. The molecular formula is C15H18N2O5. The highest BCUT2D eigenvalue weighted by atomic mass is 16.6. The van der Waals surface area contributed by atoms with Crippen LogP contribution in [0.1, 0.15) is 11.1 Å². The van der Waals surface area contributed by atoms with Crippen molar-refractivity contribution in [3.05, 3.63) is 29.3 Å². The molecule has 0 radical (unpaired) electrons. The first-order valence-corrected chi connectivity index (χ1v) is 6.91. The lowest BCUT2D eigenvalue weighted by atomic mass is 10.1. The van der Waals surface area contributed by atoms with Crippen LogP contribution in [0.4, 0.5) is 4.79 Å². The molecule has 118 valence electrons. The highest BCUT2D eigenvalue weighted by molar-refractivity contribution is 5.96. The van der Waals surface area contributed by atoms with Crippen molar-refractivity contribution in [3.8, 4) is 5.75 Å². The van der Waals surface area contributed by atoms with Crippen molar-refractivity contribution >= 4 is 17.9 Å². The quantitative estimate of drug-likeness (QED) is 0.813. The molecule has 0 aliphatic carbocycles. The van der Waals surface area contributed by atoms with Gasteiger partial charge < -0.3 is 14.8 Å². The molecule has 1 heterocycles. The van der Waals surface area contributed by atoms with Gasteiger partial charge in [0.2, 0.25) is 0 Å². The molecule has 1 saturated heterocycles. The highest BCUT2D eigenvalue weighted by Crippen LogP contribution is 2.18. The van der Waals surface area contributed by atoms with Gasteiger partial charge in [-0.15, -0.1) is 0 Å². The van der Waals surface area contributed by atoms with Crippen LogP contribution in [0, 0.1) is 13.8 Å². The summed E-state index contributed by atoms with van der Waals surface area (Å²) in [5.41, 5.74) is 2.01. The fourth-order valence-electron chi connectivity index (χ4n) is 2.07. The van der Waals surface area contributed by atoms with Crippen LogP contribution >= 0.6 is 0 Å². The number of nitrogens with one attached hydrogen (secondary N) is 1. The number of aryl methyl sites for hydroxylation is 2. The van der Waals surface area contributed by atoms with E-state index in [0.29, 0.717) is 12.3 Å². The number of carbonyl (C=O) groups excluding carboxylic acids is 3. The van der Waals surface area contributed by atoms with E-state index >= 15 is 0 Å². The Balaban J connectivity index is 1.76. The van der Waals surface area contributed by atoms with E-state index < -0.39 is 24.5 Å². The molecule has 0 aromatic heterocycles.